The lowest BCUT2D eigenvalue weighted by molar-refractivity contribution is -0.153. The molecule has 19 heavy (non-hydrogen) atoms. The van der Waals surface area contributed by atoms with Gasteiger partial charge in [-0.3, -0.25) is 4.79 Å². The lowest BCUT2D eigenvalue weighted by atomic mass is 9.86. The van der Waals surface area contributed by atoms with Gasteiger partial charge in [-0.25, -0.2) is 0 Å². The van der Waals surface area contributed by atoms with Gasteiger partial charge in [0.1, 0.15) is 0 Å². The summed E-state index contributed by atoms with van der Waals surface area (Å²) in [6, 6.07) is 6.07. The van der Waals surface area contributed by atoms with Crippen molar-refractivity contribution >= 4 is 11.6 Å². The van der Waals surface area contributed by atoms with Crippen molar-refractivity contribution < 1.29 is 10.0 Å². The predicted molar refractivity (Wildman–Crippen MR) is 75.3 cm³/mol. The van der Waals surface area contributed by atoms with Crippen LogP contribution < -0.4 is 4.90 Å². The topological polar surface area (TPSA) is 43.8 Å². The number of carbonyl (C=O) groups excluding carboxylic acids is 1. The molecule has 1 amide bonds. The van der Waals surface area contributed by atoms with Gasteiger partial charge in [0.05, 0.1) is 5.54 Å². The molecule has 4 nitrogen and oxygen atoms in total. The molecule has 0 spiro atoms. The first-order chi connectivity index (χ1) is 8.86. The molecule has 2 rings (SSSR count). The smallest absolute Gasteiger partial charge is 0.223 e. The van der Waals surface area contributed by atoms with Gasteiger partial charge in [-0.15, -0.1) is 0 Å². The molecular weight excluding hydrogens is 240 g/mol. The fraction of sp³-hybridized carbons (Fsp3) is 0.533. The minimum atomic E-state index is -0.453. The standard InChI is InChI=1S/C15H22N2O2/c1-11-6-7-14-13(10-11)15(3,16(4)19)8-5-9-17(14)12(2)18/h6-7,10,19H,5,8-9H2,1-4H3. The maximum atomic E-state index is 11.8. The number of hydrogen-bond acceptors (Lipinski definition) is 3. The van der Waals surface area contributed by atoms with E-state index < -0.39 is 5.54 Å². The first-order valence-electron chi connectivity index (χ1n) is 6.68. The van der Waals surface area contributed by atoms with Crippen LogP contribution in [-0.4, -0.2) is 29.8 Å². The second-order valence-corrected chi connectivity index (χ2v) is 5.59. The van der Waals surface area contributed by atoms with Crippen molar-refractivity contribution in [2.75, 3.05) is 18.5 Å². The van der Waals surface area contributed by atoms with Gasteiger partial charge in [0.2, 0.25) is 5.91 Å². The molecule has 1 unspecified atom stereocenters. The molecule has 0 aliphatic carbocycles. The summed E-state index contributed by atoms with van der Waals surface area (Å²) < 4.78 is 0. The monoisotopic (exact) mass is 262 g/mol. The summed E-state index contributed by atoms with van der Waals surface area (Å²) >= 11 is 0. The Bertz CT molecular complexity index is 499. The van der Waals surface area contributed by atoms with Crippen molar-refractivity contribution in [1.82, 2.24) is 5.06 Å². The minimum Gasteiger partial charge on any atom is -0.313 e. The van der Waals surface area contributed by atoms with Crippen LogP contribution in [0.1, 0.15) is 37.8 Å². The molecule has 0 fully saturated rings. The number of nitrogens with zero attached hydrogens (tertiary/aromatic N) is 2. The fourth-order valence-electron chi connectivity index (χ4n) is 2.82. The summed E-state index contributed by atoms with van der Waals surface area (Å²) in [6.45, 7) is 6.35. The summed E-state index contributed by atoms with van der Waals surface area (Å²) in [5, 5.41) is 11.3. The van der Waals surface area contributed by atoms with Crippen molar-refractivity contribution in [2.24, 2.45) is 0 Å². The molecule has 1 N–H and O–H groups in total. The second kappa shape index (κ2) is 4.94. The van der Waals surface area contributed by atoms with Crippen molar-refractivity contribution in [2.45, 2.75) is 39.2 Å². The summed E-state index contributed by atoms with van der Waals surface area (Å²) in [4.78, 5) is 13.6. The van der Waals surface area contributed by atoms with Gasteiger partial charge >= 0.3 is 0 Å². The van der Waals surface area contributed by atoms with Gasteiger partial charge in [0, 0.05) is 26.2 Å². The average Bonchev–Trinajstić information content (AvgIpc) is 2.48. The number of amides is 1. The van der Waals surface area contributed by atoms with E-state index in [2.05, 4.69) is 6.07 Å². The molecule has 0 saturated carbocycles. The molecule has 0 aromatic heterocycles. The lowest BCUT2D eigenvalue weighted by Crippen LogP contribution is -2.39. The molecule has 0 saturated heterocycles. The Morgan fingerprint density at radius 2 is 2.16 bits per heavy atom. The number of hydrogen-bond donors (Lipinski definition) is 1. The van der Waals surface area contributed by atoms with Crippen molar-refractivity contribution in [3.63, 3.8) is 0 Å². The number of hydroxylamine groups is 2. The Balaban J connectivity index is 2.64. The molecule has 4 heteroatoms. The third kappa shape index (κ3) is 2.38. The highest BCUT2D eigenvalue weighted by Gasteiger charge is 2.37. The van der Waals surface area contributed by atoms with Gasteiger partial charge in [0.15, 0.2) is 0 Å². The third-order valence-electron chi connectivity index (χ3n) is 4.16. The Hall–Kier alpha value is -1.39. The van der Waals surface area contributed by atoms with Crippen LogP contribution in [-0.2, 0) is 10.3 Å². The van der Waals surface area contributed by atoms with Gasteiger partial charge in [-0.05, 0) is 38.3 Å². The Kier molecular flexibility index (Phi) is 3.65. The molecular formula is C15H22N2O2. The van der Waals surface area contributed by atoms with E-state index in [1.165, 1.54) is 5.06 Å². The number of rotatable bonds is 1. The highest BCUT2D eigenvalue weighted by atomic mass is 16.5. The van der Waals surface area contributed by atoms with Crippen molar-refractivity contribution in [1.29, 1.82) is 0 Å². The van der Waals surface area contributed by atoms with E-state index in [-0.39, 0.29) is 5.91 Å². The summed E-state index contributed by atoms with van der Waals surface area (Å²) in [5.41, 5.74) is 2.62. The molecule has 1 aromatic rings. The van der Waals surface area contributed by atoms with Crippen LogP contribution in [0.15, 0.2) is 18.2 Å². The summed E-state index contributed by atoms with van der Waals surface area (Å²) in [5.74, 6) is 0.0509. The lowest BCUT2D eigenvalue weighted by Gasteiger charge is -2.35. The zero-order chi connectivity index (χ0) is 14.2. The number of benzene rings is 1. The van der Waals surface area contributed by atoms with E-state index in [1.54, 1.807) is 14.0 Å². The minimum absolute atomic E-state index is 0.0509. The second-order valence-electron chi connectivity index (χ2n) is 5.59. The largest absolute Gasteiger partial charge is 0.313 e. The average molecular weight is 262 g/mol. The van der Waals surface area contributed by atoms with Gasteiger partial charge in [-0.1, -0.05) is 17.7 Å². The van der Waals surface area contributed by atoms with Crippen LogP contribution in [0.25, 0.3) is 0 Å². The van der Waals surface area contributed by atoms with E-state index in [4.69, 9.17) is 0 Å². The zero-order valence-corrected chi connectivity index (χ0v) is 12.1. The molecule has 0 radical (unpaired) electrons. The normalized spacial score (nSPS) is 23.2. The quantitative estimate of drug-likeness (QED) is 0.791. The Morgan fingerprint density at radius 1 is 1.47 bits per heavy atom. The van der Waals surface area contributed by atoms with E-state index in [0.29, 0.717) is 6.54 Å². The maximum Gasteiger partial charge on any atom is 0.223 e. The molecule has 1 aliphatic heterocycles. The van der Waals surface area contributed by atoms with Crippen molar-refractivity contribution in [3.05, 3.63) is 29.3 Å². The van der Waals surface area contributed by atoms with Crippen molar-refractivity contribution in [3.8, 4) is 0 Å². The van der Waals surface area contributed by atoms with Crippen LogP contribution in [0, 0.1) is 6.92 Å². The van der Waals surface area contributed by atoms with E-state index in [0.717, 1.165) is 29.7 Å². The molecule has 1 heterocycles. The van der Waals surface area contributed by atoms with Crippen LogP contribution in [0.2, 0.25) is 0 Å². The van der Waals surface area contributed by atoms with Gasteiger partial charge < -0.3 is 10.1 Å². The molecule has 1 aromatic carbocycles. The fourth-order valence-corrected chi connectivity index (χ4v) is 2.82. The molecule has 104 valence electrons. The van der Waals surface area contributed by atoms with E-state index >= 15 is 0 Å². The van der Waals surface area contributed by atoms with E-state index in [1.807, 2.05) is 30.9 Å². The van der Waals surface area contributed by atoms with Gasteiger partial charge in [-0.2, -0.15) is 5.06 Å². The third-order valence-corrected chi connectivity index (χ3v) is 4.16. The molecule has 0 bridgehead atoms. The van der Waals surface area contributed by atoms with Crippen LogP contribution in [0.5, 0.6) is 0 Å². The SMILES string of the molecule is CC(=O)N1CCCC(C)(N(C)O)c2cc(C)ccc21. The zero-order valence-electron chi connectivity index (χ0n) is 12.1. The molecule has 1 aliphatic rings. The first-order valence-corrected chi connectivity index (χ1v) is 6.68. The number of anilines is 1. The summed E-state index contributed by atoms with van der Waals surface area (Å²) in [6.07, 6.45) is 1.69. The highest BCUT2D eigenvalue weighted by Crippen LogP contribution is 2.40. The van der Waals surface area contributed by atoms with E-state index in [9.17, 15) is 10.0 Å². The maximum absolute atomic E-state index is 11.8. The highest BCUT2D eigenvalue weighted by molar-refractivity contribution is 5.92. The number of fused-ring (bicyclic) bond motifs is 1. The first kappa shape index (κ1) is 14.0. The van der Waals surface area contributed by atoms with Crippen LogP contribution in [0.4, 0.5) is 5.69 Å². The number of aryl methyl sites for hydroxylation is 1. The van der Waals surface area contributed by atoms with Gasteiger partial charge in [0.25, 0.3) is 0 Å². The Morgan fingerprint density at radius 3 is 2.74 bits per heavy atom. The molecule has 1 atom stereocenters. The number of carbonyl (C=O) groups is 1. The summed E-state index contributed by atoms with van der Waals surface area (Å²) in [7, 11) is 1.68. The van der Waals surface area contributed by atoms with Crippen LogP contribution >= 0.6 is 0 Å². The Labute approximate surface area is 114 Å². The van der Waals surface area contributed by atoms with Crippen LogP contribution in [0.3, 0.4) is 0 Å². The predicted octanol–water partition coefficient (Wildman–Crippen LogP) is 2.68.